The summed E-state index contributed by atoms with van der Waals surface area (Å²) in [4.78, 5) is 36.4. The standard InChI is InChI=1S/C25H30N2O4/c1-2-3-4-7-14-26-25(31)22(12-13-23(28)29)27-24(30)18-10-11-21-19(16-18)15-17-8-5-6-9-20(17)21/h5-6,8-11,16,22H,2-4,7,12-15H2,1H3,(H,26,31)(H,27,30)(H,28,29)/t22-/m0/s1. The summed E-state index contributed by atoms with van der Waals surface area (Å²) < 4.78 is 0. The number of benzene rings is 2. The minimum absolute atomic E-state index is 0.0538. The van der Waals surface area contributed by atoms with E-state index in [2.05, 4.69) is 29.7 Å². The Hall–Kier alpha value is -3.15. The largest absolute Gasteiger partial charge is 0.481 e. The van der Waals surface area contributed by atoms with Gasteiger partial charge in [0, 0.05) is 18.5 Å². The van der Waals surface area contributed by atoms with E-state index in [0.717, 1.165) is 43.2 Å². The second kappa shape index (κ2) is 10.8. The zero-order valence-electron chi connectivity index (χ0n) is 17.9. The zero-order chi connectivity index (χ0) is 22.2. The topological polar surface area (TPSA) is 95.5 Å². The Morgan fingerprint density at radius 3 is 2.55 bits per heavy atom. The number of carboxylic acid groups (broad SMARTS) is 1. The number of aliphatic carboxylic acids is 1. The molecular formula is C25H30N2O4. The number of nitrogens with one attached hydrogen (secondary N) is 2. The SMILES string of the molecule is CCCCCCNC(=O)[C@H](CCC(=O)O)NC(=O)c1ccc2c(c1)Cc1ccccc1-2. The van der Waals surface area contributed by atoms with Crippen LogP contribution in [0.1, 0.15) is 66.9 Å². The summed E-state index contributed by atoms with van der Waals surface area (Å²) >= 11 is 0. The van der Waals surface area contributed by atoms with Crippen LogP contribution in [-0.4, -0.2) is 35.5 Å². The molecule has 1 aliphatic carbocycles. The summed E-state index contributed by atoms with van der Waals surface area (Å²) in [5, 5.41) is 14.6. The Kier molecular flexibility index (Phi) is 7.82. The van der Waals surface area contributed by atoms with Crippen molar-refractivity contribution in [1.29, 1.82) is 0 Å². The van der Waals surface area contributed by atoms with E-state index in [-0.39, 0.29) is 24.7 Å². The number of carboxylic acids is 1. The molecule has 1 aliphatic rings. The van der Waals surface area contributed by atoms with Crippen LogP contribution in [0.4, 0.5) is 0 Å². The molecule has 6 nitrogen and oxygen atoms in total. The fourth-order valence-electron chi connectivity index (χ4n) is 3.95. The van der Waals surface area contributed by atoms with Crippen LogP contribution in [0.2, 0.25) is 0 Å². The van der Waals surface area contributed by atoms with Gasteiger partial charge in [-0.25, -0.2) is 0 Å². The first-order valence-corrected chi connectivity index (χ1v) is 11.0. The van der Waals surface area contributed by atoms with Crippen molar-refractivity contribution in [2.45, 2.75) is 57.9 Å². The van der Waals surface area contributed by atoms with Gasteiger partial charge in [0.25, 0.3) is 5.91 Å². The molecule has 3 rings (SSSR count). The predicted molar refractivity (Wildman–Crippen MR) is 120 cm³/mol. The molecule has 0 unspecified atom stereocenters. The summed E-state index contributed by atoms with van der Waals surface area (Å²) in [5.74, 6) is -1.69. The van der Waals surface area contributed by atoms with Crippen molar-refractivity contribution in [3.8, 4) is 11.1 Å². The molecular weight excluding hydrogens is 392 g/mol. The number of carbonyl (C=O) groups is 3. The van der Waals surface area contributed by atoms with Gasteiger partial charge >= 0.3 is 5.97 Å². The maximum Gasteiger partial charge on any atom is 0.303 e. The highest BCUT2D eigenvalue weighted by atomic mass is 16.4. The summed E-state index contributed by atoms with van der Waals surface area (Å²) in [6, 6.07) is 12.9. The van der Waals surface area contributed by atoms with Crippen LogP contribution in [0.5, 0.6) is 0 Å². The summed E-state index contributed by atoms with van der Waals surface area (Å²) in [5.41, 5.74) is 5.10. The van der Waals surface area contributed by atoms with Crippen molar-refractivity contribution in [3.63, 3.8) is 0 Å². The van der Waals surface area contributed by atoms with E-state index in [4.69, 9.17) is 5.11 Å². The molecule has 0 saturated carbocycles. The molecule has 0 spiro atoms. The molecule has 1 atom stereocenters. The smallest absolute Gasteiger partial charge is 0.303 e. The molecule has 0 radical (unpaired) electrons. The number of fused-ring (bicyclic) bond motifs is 3. The second-order valence-corrected chi connectivity index (χ2v) is 8.02. The third-order valence-electron chi connectivity index (χ3n) is 5.65. The first-order chi connectivity index (χ1) is 15.0. The number of amides is 2. The van der Waals surface area contributed by atoms with E-state index in [0.29, 0.717) is 12.1 Å². The monoisotopic (exact) mass is 422 g/mol. The van der Waals surface area contributed by atoms with Crippen molar-refractivity contribution >= 4 is 17.8 Å². The van der Waals surface area contributed by atoms with Crippen molar-refractivity contribution in [2.24, 2.45) is 0 Å². The van der Waals surface area contributed by atoms with Crippen LogP contribution in [0, 0.1) is 0 Å². The minimum atomic E-state index is -0.995. The van der Waals surface area contributed by atoms with Crippen molar-refractivity contribution in [3.05, 3.63) is 59.2 Å². The van der Waals surface area contributed by atoms with Crippen LogP contribution >= 0.6 is 0 Å². The normalized spacial score (nSPS) is 12.5. The quantitative estimate of drug-likeness (QED) is 0.408. The Morgan fingerprint density at radius 2 is 1.77 bits per heavy atom. The molecule has 0 fully saturated rings. The molecule has 2 aromatic rings. The van der Waals surface area contributed by atoms with Gasteiger partial charge in [0.05, 0.1) is 0 Å². The highest BCUT2D eigenvalue weighted by Gasteiger charge is 2.24. The third kappa shape index (κ3) is 5.94. The molecule has 6 heteroatoms. The maximum atomic E-state index is 12.9. The van der Waals surface area contributed by atoms with Gasteiger partial charge in [0.15, 0.2) is 0 Å². The first kappa shape index (κ1) is 22.5. The lowest BCUT2D eigenvalue weighted by Gasteiger charge is -2.18. The fraction of sp³-hybridized carbons (Fsp3) is 0.400. The molecule has 0 heterocycles. The van der Waals surface area contributed by atoms with E-state index >= 15 is 0 Å². The molecule has 0 aliphatic heterocycles. The molecule has 0 aromatic heterocycles. The second-order valence-electron chi connectivity index (χ2n) is 8.02. The van der Waals surface area contributed by atoms with Crippen LogP contribution < -0.4 is 10.6 Å². The van der Waals surface area contributed by atoms with E-state index in [1.54, 1.807) is 6.07 Å². The average Bonchev–Trinajstić information content (AvgIpc) is 3.13. The lowest BCUT2D eigenvalue weighted by atomic mass is 10.0. The number of unbranched alkanes of at least 4 members (excludes halogenated alkanes) is 3. The van der Waals surface area contributed by atoms with Gasteiger partial charge in [-0.1, -0.05) is 56.5 Å². The highest BCUT2D eigenvalue weighted by molar-refractivity contribution is 5.98. The third-order valence-corrected chi connectivity index (χ3v) is 5.65. The Balaban J connectivity index is 1.65. The lowest BCUT2D eigenvalue weighted by Crippen LogP contribution is -2.47. The Morgan fingerprint density at radius 1 is 1.00 bits per heavy atom. The fourth-order valence-corrected chi connectivity index (χ4v) is 3.95. The first-order valence-electron chi connectivity index (χ1n) is 11.0. The summed E-state index contributed by atoms with van der Waals surface area (Å²) in [6.45, 7) is 2.64. The van der Waals surface area contributed by atoms with Crippen molar-refractivity contribution in [2.75, 3.05) is 6.54 Å². The lowest BCUT2D eigenvalue weighted by molar-refractivity contribution is -0.137. The summed E-state index contributed by atoms with van der Waals surface area (Å²) in [7, 11) is 0. The van der Waals surface area contributed by atoms with E-state index in [1.165, 1.54) is 11.1 Å². The van der Waals surface area contributed by atoms with Gasteiger partial charge in [-0.15, -0.1) is 0 Å². The Labute approximate surface area is 183 Å². The Bertz CT molecular complexity index is 954. The van der Waals surface area contributed by atoms with Crippen molar-refractivity contribution < 1.29 is 19.5 Å². The molecule has 164 valence electrons. The summed E-state index contributed by atoms with van der Waals surface area (Å²) in [6.07, 6.45) is 4.75. The molecule has 0 saturated heterocycles. The van der Waals surface area contributed by atoms with E-state index < -0.39 is 12.0 Å². The van der Waals surface area contributed by atoms with Crippen LogP contribution in [0.3, 0.4) is 0 Å². The number of hydrogen-bond donors (Lipinski definition) is 3. The van der Waals surface area contributed by atoms with Gasteiger partial charge in [-0.2, -0.15) is 0 Å². The predicted octanol–water partition coefficient (Wildman–Crippen LogP) is 3.92. The molecule has 0 bridgehead atoms. The van der Waals surface area contributed by atoms with E-state index in [9.17, 15) is 14.4 Å². The van der Waals surface area contributed by atoms with Crippen molar-refractivity contribution in [1.82, 2.24) is 10.6 Å². The van der Waals surface area contributed by atoms with Crippen LogP contribution in [0.25, 0.3) is 11.1 Å². The minimum Gasteiger partial charge on any atom is -0.481 e. The average molecular weight is 423 g/mol. The van der Waals surface area contributed by atoms with Gasteiger partial charge < -0.3 is 15.7 Å². The number of carbonyl (C=O) groups excluding carboxylic acids is 2. The van der Waals surface area contributed by atoms with Crippen LogP contribution in [0.15, 0.2) is 42.5 Å². The maximum absolute atomic E-state index is 12.9. The van der Waals surface area contributed by atoms with Gasteiger partial charge in [-0.3, -0.25) is 14.4 Å². The highest BCUT2D eigenvalue weighted by Crippen LogP contribution is 2.36. The van der Waals surface area contributed by atoms with Gasteiger partial charge in [0.1, 0.15) is 6.04 Å². The zero-order valence-corrected chi connectivity index (χ0v) is 17.9. The molecule has 2 amide bonds. The molecule has 31 heavy (non-hydrogen) atoms. The molecule has 3 N–H and O–H groups in total. The number of hydrogen-bond acceptors (Lipinski definition) is 3. The molecule has 2 aromatic carbocycles. The van der Waals surface area contributed by atoms with E-state index in [1.807, 2.05) is 24.3 Å². The van der Waals surface area contributed by atoms with Gasteiger partial charge in [0.2, 0.25) is 5.91 Å². The number of rotatable bonds is 11. The van der Waals surface area contributed by atoms with Gasteiger partial charge in [-0.05, 0) is 53.6 Å². The van der Waals surface area contributed by atoms with Crippen LogP contribution in [-0.2, 0) is 16.0 Å².